The smallest absolute Gasteiger partial charge is 0.189 e. The molecule has 0 aliphatic heterocycles. The van der Waals surface area contributed by atoms with Gasteiger partial charge in [0.2, 0.25) is 0 Å². The molecule has 0 amide bonds. The summed E-state index contributed by atoms with van der Waals surface area (Å²) in [6.07, 6.45) is 3.13. The van der Waals surface area contributed by atoms with Crippen LogP contribution in [0.4, 0.5) is 0 Å². The molecule has 0 saturated heterocycles. The number of allylic oxidation sites excluding steroid dienone is 1. The minimum atomic E-state index is -0.244. The summed E-state index contributed by atoms with van der Waals surface area (Å²) in [5.41, 5.74) is 2.20. The molecule has 20 heavy (non-hydrogen) atoms. The molecule has 2 rings (SSSR count). The zero-order chi connectivity index (χ0) is 14.5. The Morgan fingerprint density at radius 3 is 2.65 bits per heavy atom. The second-order valence-electron chi connectivity index (χ2n) is 4.46. The second kappa shape index (κ2) is 6.06. The van der Waals surface area contributed by atoms with E-state index in [0.29, 0.717) is 5.75 Å². The highest BCUT2D eigenvalue weighted by molar-refractivity contribution is 6.08. The van der Waals surface area contributed by atoms with E-state index < -0.39 is 0 Å². The van der Waals surface area contributed by atoms with E-state index in [1.165, 1.54) is 12.1 Å². The van der Waals surface area contributed by atoms with Crippen molar-refractivity contribution in [1.82, 2.24) is 0 Å². The largest absolute Gasteiger partial charge is 0.507 e. The van der Waals surface area contributed by atoms with Crippen molar-refractivity contribution in [3.8, 4) is 11.5 Å². The fourth-order valence-corrected chi connectivity index (χ4v) is 1.92. The van der Waals surface area contributed by atoms with Crippen LogP contribution in [0.2, 0.25) is 0 Å². The Bertz CT molecular complexity index is 657. The lowest BCUT2D eigenvalue weighted by Crippen LogP contribution is -1.95. The molecule has 0 saturated carbocycles. The highest BCUT2D eigenvalue weighted by Crippen LogP contribution is 2.22. The van der Waals surface area contributed by atoms with Crippen LogP contribution in [0.25, 0.3) is 6.08 Å². The molecular formula is C17H16O3. The molecule has 0 spiro atoms. The molecule has 0 heterocycles. The van der Waals surface area contributed by atoms with Gasteiger partial charge in [0, 0.05) is 5.56 Å². The number of phenolic OH excluding ortho intramolecular Hbond substituents is 1. The molecule has 0 bridgehead atoms. The Hall–Kier alpha value is -2.55. The van der Waals surface area contributed by atoms with Crippen molar-refractivity contribution in [1.29, 1.82) is 0 Å². The number of ether oxygens (including phenoxy) is 1. The van der Waals surface area contributed by atoms with Gasteiger partial charge in [0.25, 0.3) is 0 Å². The van der Waals surface area contributed by atoms with Gasteiger partial charge < -0.3 is 9.84 Å². The van der Waals surface area contributed by atoms with Gasteiger partial charge in [0.05, 0.1) is 12.7 Å². The molecule has 0 aliphatic carbocycles. The fraction of sp³-hybridized carbons (Fsp3) is 0.118. The van der Waals surface area contributed by atoms with Crippen molar-refractivity contribution < 1.29 is 14.6 Å². The third-order valence-corrected chi connectivity index (χ3v) is 2.97. The second-order valence-corrected chi connectivity index (χ2v) is 4.46. The predicted molar refractivity (Wildman–Crippen MR) is 79.2 cm³/mol. The minimum absolute atomic E-state index is 0.0154. The average Bonchev–Trinajstić information content (AvgIpc) is 2.45. The molecule has 0 unspecified atom stereocenters. The van der Waals surface area contributed by atoms with Gasteiger partial charge in [-0.2, -0.15) is 0 Å². The first-order chi connectivity index (χ1) is 9.61. The highest BCUT2D eigenvalue weighted by atomic mass is 16.5. The number of benzene rings is 2. The predicted octanol–water partition coefficient (Wildman–Crippen LogP) is 3.61. The topological polar surface area (TPSA) is 46.5 Å². The highest BCUT2D eigenvalue weighted by Gasteiger charge is 2.07. The van der Waals surface area contributed by atoms with Crippen LogP contribution < -0.4 is 4.74 Å². The molecule has 3 heteroatoms. The van der Waals surface area contributed by atoms with Gasteiger partial charge >= 0.3 is 0 Å². The summed E-state index contributed by atoms with van der Waals surface area (Å²) >= 11 is 0. The van der Waals surface area contributed by atoms with E-state index in [1.807, 2.05) is 25.1 Å². The maximum atomic E-state index is 12.0. The summed E-state index contributed by atoms with van der Waals surface area (Å²) in [6, 6.07) is 12.2. The van der Waals surface area contributed by atoms with Crippen LogP contribution in [0.15, 0.2) is 48.5 Å². The van der Waals surface area contributed by atoms with Gasteiger partial charge in [-0.05, 0) is 43.3 Å². The molecule has 0 atom stereocenters. The maximum Gasteiger partial charge on any atom is 0.189 e. The van der Waals surface area contributed by atoms with E-state index >= 15 is 0 Å². The van der Waals surface area contributed by atoms with Crippen LogP contribution in [-0.4, -0.2) is 18.0 Å². The summed E-state index contributed by atoms with van der Waals surface area (Å²) < 4.78 is 5.25. The lowest BCUT2D eigenvalue weighted by Gasteiger charge is -2.05. The lowest BCUT2D eigenvalue weighted by atomic mass is 10.1. The fourth-order valence-electron chi connectivity index (χ4n) is 1.92. The quantitative estimate of drug-likeness (QED) is 0.680. The number of methoxy groups -OCH3 is 1. The summed E-state index contributed by atoms with van der Waals surface area (Å²) in [5, 5.41) is 9.64. The van der Waals surface area contributed by atoms with Crippen LogP contribution in [0.5, 0.6) is 11.5 Å². The first-order valence-electron chi connectivity index (χ1n) is 6.27. The van der Waals surface area contributed by atoms with Gasteiger partial charge in [-0.15, -0.1) is 0 Å². The van der Waals surface area contributed by atoms with E-state index in [0.717, 1.165) is 11.1 Å². The number of para-hydroxylation sites is 1. The van der Waals surface area contributed by atoms with Crippen LogP contribution in [-0.2, 0) is 0 Å². The monoisotopic (exact) mass is 268 g/mol. The standard InChI is InChI=1S/C17H16O3/c1-12-7-10-17(20-2)13(11-12)8-9-16(19)14-5-3-4-6-15(14)18/h3-11,18H,1-2H3. The number of hydrogen-bond donors (Lipinski definition) is 1. The number of aryl methyl sites for hydroxylation is 1. The summed E-state index contributed by atoms with van der Waals surface area (Å²) in [5.74, 6) is 0.446. The molecule has 2 aromatic carbocycles. The third-order valence-electron chi connectivity index (χ3n) is 2.97. The van der Waals surface area contributed by atoms with Gasteiger partial charge in [0.1, 0.15) is 11.5 Å². The van der Waals surface area contributed by atoms with Crippen molar-refractivity contribution in [2.75, 3.05) is 7.11 Å². The van der Waals surface area contributed by atoms with Gasteiger partial charge in [-0.25, -0.2) is 0 Å². The van der Waals surface area contributed by atoms with E-state index in [4.69, 9.17) is 4.74 Å². The molecule has 3 nitrogen and oxygen atoms in total. The van der Waals surface area contributed by atoms with Crippen LogP contribution in [0.3, 0.4) is 0 Å². The molecule has 0 radical (unpaired) electrons. The van der Waals surface area contributed by atoms with Crippen molar-refractivity contribution in [3.63, 3.8) is 0 Å². The Balaban J connectivity index is 2.28. The van der Waals surface area contributed by atoms with Crippen molar-refractivity contribution >= 4 is 11.9 Å². The normalized spacial score (nSPS) is 10.7. The molecule has 2 aromatic rings. The Kier molecular flexibility index (Phi) is 4.20. The molecule has 1 N–H and O–H groups in total. The SMILES string of the molecule is COc1ccc(C)cc1C=CC(=O)c1ccccc1O. The zero-order valence-electron chi connectivity index (χ0n) is 11.5. The Morgan fingerprint density at radius 2 is 1.95 bits per heavy atom. The zero-order valence-corrected chi connectivity index (χ0v) is 11.5. The lowest BCUT2D eigenvalue weighted by molar-refractivity contribution is 0.104. The number of ketones is 1. The summed E-state index contributed by atoms with van der Waals surface area (Å²) in [7, 11) is 1.59. The number of carbonyl (C=O) groups is 1. The average molecular weight is 268 g/mol. The first-order valence-corrected chi connectivity index (χ1v) is 6.27. The molecular weight excluding hydrogens is 252 g/mol. The van der Waals surface area contributed by atoms with Crippen molar-refractivity contribution in [3.05, 3.63) is 65.2 Å². The van der Waals surface area contributed by atoms with Gasteiger partial charge in [0.15, 0.2) is 5.78 Å². The number of carbonyl (C=O) groups excluding carboxylic acids is 1. The number of hydrogen-bond acceptors (Lipinski definition) is 3. The van der Waals surface area contributed by atoms with Crippen molar-refractivity contribution in [2.24, 2.45) is 0 Å². The maximum absolute atomic E-state index is 12.0. The van der Waals surface area contributed by atoms with Crippen molar-refractivity contribution in [2.45, 2.75) is 6.92 Å². The van der Waals surface area contributed by atoms with E-state index in [9.17, 15) is 9.90 Å². The molecule has 0 aliphatic rings. The van der Waals surface area contributed by atoms with Crippen LogP contribution in [0, 0.1) is 6.92 Å². The molecule has 0 aromatic heterocycles. The summed E-state index contributed by atoms with van der Waals surface area (Å²) in [4.78, 5) is 12.0. The van der Waals surface area contributed by atoms with E-state index in [1.54, 1.807) is 31.4 Å². The Labute approximate surface area is 118 Å². The Morgan fingerprint density at radius 1 is 1.20 bits per heavy atom. The number of rotatable bonds is 4. The number of phenols is 1. The van der Waals surface area contributed by atoms with Crippen LogP contribution >= 0.6 is 0 Å². The van der Waals surface area contributed by atoms with E-state index in [-0.39, 0.29) is 17.1 Å². The summed E-state index contributed by atoms with van der Waals surface area (Å²) in [6.45, 7) is 1.97. The minimum Gasteiger partial charge on any atom is -0.507 e. The first kappa shape index (κ1) is 13.9. The molecule has 102 valence electrons. The third kappa shape index (κ3) is 3.06. The van der Waals surface area contributed by atoms with Gasteiger partial charge in [-0.3, -0.25) is 4.79 Å². The molecule has 0 fully saturated rings. The van der Waals surface area contributed by atoms with Gasteiger partial charge in [-0.1, -0.05) is 23.8 Å². The number of aromatic hydroxyl groups is 1. The van der Waals surface area contributed by atoms with Crippen LogP contribution in [0.1, 0.15) is 21.5 Å². The van der Waals surface area contributed by atoms with E-state index in [2.05, 4.69) is 0 Å².